The van der Waals surface area contributed by atoms with E-state index >= 15 is 4.39 Å². The molecule has 3 aliphatic rings. The summed E-state index contributed by atoms with van der Waals surface area (Å²) in [6.45, 7) is 1.68. The minimum Gasteiger partial charge on any atom is -0.335 e. The molecule has 2 aromatic rings. The monoisotopic (exact) mass is 637 g/mol. The first-order valence-electron chi connectivity index (χ1n) is 14.2. The van der Waals surface area contributed by atoms with Crippen molar-refractivity contribution in [3.63, 3.8) is 0 Å². The molecule has 0 radical (unpaired) electrons. The Hall–Kier alpha value is -2.70. The van der Waals surface area contributed by atoms with Crippen molar-refractivity contribution in [1.29, 1.82) is 0 Å². The quantitative estimate of drug-likeness (QED) is 0.321. The predicted octanol–water partition coefficient (Wildman–Crippen LogP) is 7.43. The molecule has 2 unspecified atom stereocenters. The second-order valence-corrected chi connectivity index (χ2v) is 14.0. The molecule has 0 aromatic heterocycles. The third-order valence-electron chi connectivity index (χ3n) is 9.48. The summed E-state index contributed by atoms with van der Waals surface area (Å²) >= 11 is 0. The number of sulfone groups is 1. The van der Waals surface area contributed by atoms with Gasteiger partial charge >= 0.3 is 18.0 Å². The number of fused-ring (bicyclic) bond motifs is 3. The van der Waals surface area contributed by atoms with Gasteiger partial charge in [0, 0.05) is 12.1 Å². The second kappa shape index (κ2) is 10.4. The summed E-state index contributed by atoms with van der Waals surface area (Å²) in [6, 6.07) is 6.34. The minimum absolute atomic E-state index is 0.0271. The van der Waals surface area contributed by atoms with Gasteiger partial charge in [-0.1, -0.05) is 43.7 Å². The van der Waals surface area contributed by atoms with Gasteiger partial charge in [-0.05, 0) is 80.2 Å². The number of halogens is 8. The molecule has 236 valence electrons. The molecule has 1 amide bonds. The summed E-state index contributed by atoms with van der Waals surface area (Å²) in [5.74, 6) is -0.854. The van der Waals surface area contributed by atoms with Crippen LogP contribution < -0.4 is 0 Å². The minimum atomic E-state index is -6.34. The van der Waals surface area contributed by atoms with Crippen LogP contribution in [0.25, 0.3) is 0 Å². The van der Waals surface area contributed by atoms with E-state index in [1.807, 2.05) is 6.92 Å². The number of hydrogen-bond acceptors (Lipinski definition) is 3. The van der Waals surface area contributed by atoms with Crippen LogP contribution in [0.4, 0.5) is 35.1 Å². The van der Waals surface area contributed by atoms with Crippen LogP contribution in [0, 0.1) is 0 Å². The van der Waals surface area contributed by atoms with Crippen molar-refractivity contribution in [1.82, 2.24) is 4.90 Å². The van der Waals surface area contributed by atoms with Crippen LogP contribution in [-0.4, -0.2) is 49.8 Å². The number of benzene rings is 2. The van der Waals surface area contributed by atoms with Gasteiger partial charge in [-0.2, -0.15) is 26.3 Å². The van der Waals surface area contributed by atoms with Gasteiger partial charge in [0.25, 0.3) is 5.91 Å². The van der Waals surface area contributed by atoms with Crippen LogP contribution in [0.2, 0.25) is 0 Å². The van der Waals surface area contributed by atoms with Crippen molar-refractivity contribution in [2.24, 2.45) is 0 Å². The molecule has 2 fully saturated rings. The Labute approximate surface area is 244 Å². The highest BCUT2D eigenvalue weighted by Gasteiger charge is 2.74. The van der Waals surface area contributed by atoms with E-state index in [0.29, 0.717) is 31.4 Å². The number of alkyl halides is 8. The second-order valence-electron chi connectivity index (χ2n) is 11.7. The number of carbonyl (C=O) groups excluding carboxylic acids is 1. The molecule has 1 saturated carbocycles. The van der Waals surface area contributed by atoms with Gasteiger partial charge in [0.1, 0.15) is 4.75 Å². The summed E-state index contributed by atoms with van der Waals surface area (Å²) in [5, 5.41) is 0. The molecule has 5 rings (SSSR count). The van der Waals surface area contributed by atoms with Crippen molar-refractivity contribution in [3.05, 3.63) is 64.7 Å². The van der Waals surface area contributed by atoms with Gasteiger partial charge < -0.3 is 4.90 Å². The van der Waals surface area contributed by atoms with Crippen LogP contribution in [-0.2, 0) is 37.9 Å². The van der Waals surface area contributed by atoms with E-state index in [4.69, 9.17) is 0 Å². The number of likely N-dealkylation sites (tertiary alicyclic amines) is 1. The molecule has 1 aliphatic heterocycles. The predicted molar refractivity (Wildman–Crippen MR) is 141 cm³/mol. The normalized spacial score (nSPS) is 24.4. The molecule has 13 heteroatoms. The van der Waals surface area contributed by atoms with E-state index in [-0.39, 0.29) is 54.7 Å². The van der Waals surface area contributed by atoms with Crippen LogP contribution >= 0.6 is 0 Å². The van der Waals surface area contributed by atoms with Crippen molar-refractivity contribution in [2.45, 2.75) is 104 Å². The fraction of sp³-hybridized carbons (Fsp3) is 0.567. The topological polar surface area (TPSA) is 54.5 Å². The molecule has 0 bridgehead atoms. The highest BCUT2D eigenvalue weighted by atomic mass is 32.2. The van der Waals surface area contributed by atoms with Gasteiger partial charge in [-0.3, -0.25) is 4.79 Å². The Morgan fingerprint density at radius 1 is 0.907 bits per heavy atom. The van der Waals surface area contributed by atoms with Gasteiger partial charge in [0.05, 0.1) is 10.9 Å². The Bertz CT molecular complexity index is 1480. The highest BCUT2D eigenvalue weighted by molar-refractivity contribution is 7.92. The lowest BCUT2D eigenvalue weighted by atomic mass is 9.76. The lowest BCUT2D eigenvalue weighted by Gasteiger charge is -2.44. The standard InChI is InChI=1S/C30H31F8NO3S/c1-2-19-6-10-22(11-7-19)43(41,42)27-16-17-39(25(40)26(31)14-4-3-5-15-26)24(27)13-8-20-18-21(9-12-23(20)27)28(32,29(33,34)35)30(36,37)38/h6-7,9-12,18,24H,2-5,8,13-17H2,1H3. The third-order valence-corrected chi connectivity index (χ3v) is 12.0. The van der Waals surface area contributed by atoms with Crippen molar-refractivity contribution in [2.75, 3.05) is 6.54 Å². The fourth-order valence-corrected chi connectivity index (χ4v) is 9.54. The first-order valence-corrected chi connectivity index (χ1v) is 15.7. The lowest BCUT2D eigenvalue weighted by molar-refractivity contribution is -0.348. The molecule has 1 heterocycles. The number of hydrogen-bond donors (Lipinski definition) is 0. The number of rotatable bonds is 5. The smallest absolute Gasteiger partial charge is 0.335 e. The van der Waals surface area contributed by atoms with E-state index < -0.39 is 55.8 Å². The summed E-state index contributed by atoms with van der Waals surface area (Å²) in [5.41, 5.74) is -9.07. The molecule has 4 nitrogen and oxygen atoms in total. The Kier molecular flexibility index (Phi) is 7.70. The average Bonchev–Trinajstić information content (AvgIpc) is 3.37. The van der Waals surface area contributed by atoms with Gasteiger partial charge in [-0.25, -0.2) is 17.2 Å². The van der Waals surface area contributed by atoms with Crippen molar-refractivity contribution in [3.8, 4) is 0 Å². The van der Waals surface area contributed by atoms with Crippen molar-refractivity contribution < 1.29 is 48.3 Å². The number of aryl methyl sites for hydroxylation is 2. The maximum atomic E-state index is 15.9. The van der Waals surface area contributed by atoms with E-state index in [9.17, 15) is 43.9 Å². The zero-order chi connectivity index (χ0) is 31.6. The molecule has 2 aliphatic carbocycles. The van der Waals surface area contributed by atoms with Crippen molar-refractivity contribution >= 4 is 15.7 Å². The molecule has 43 heavy (non-hydrogen) atoms. The van der Waals surface area contributed by atoms with Gasteiger partial charge in [0.2, 0.25) is 0 Å². The van der Waals surface area contributed by atoms with Gasteiger partial charge in [-0.15, -0.1) is 0 Å². The number of carbonyl (C=O) groups is 1. The van der Waals surface area contributed by atoms with E-state index in [2.05, 4.69) is 0 Å². The SMILES string of the molecule is CCc1ccc(S(=O)(=O)C23CCN(C(=O)C4(F)CCCCC4)C2CCc2cc(C(F)(C(F)(F)F)C(F)(F)F)ccc23)cc1. The first-order chi connectivity index (χ1) is 19.9. The molecular formula is C30H31F8NO3S. The maximum absolute atomic E-state index is 15.9. The van der Waals surface area contributed by atoms with Crippen LogP contribution in [0.1, 0.15) is 74.1 Å². The lowest BCUT2D eigenvalue weighted by Crippen LogP contribution is -2.56. The Balaban J connectivity index is 1.69. The zero-order valence-corrected chi connectivity index (χ0v) is 24.1. The fourth-order valence-electron chi connectivity index (χ4n) is 7.17. The largest absolute Gasteiger partial charge is 0.435 e. The molecular weight excluding hydrogens is 606 g/mol. The number of nitrogens with zero attached hydrogens (tertiary/aromatic N) is 1. The van der Waals surface area contributed by atoms with E-state index in [1.54, 1.807) is 12.1 Å². The first kappa shape index (κ1) is 31.7. The molecule has 1 saturated heterocycles. The maximum Gasteiger partial charge on any atom is 0.435 e. The highest BCUT2D eigenvalue weighted by Crippen LogP contribution is 2.57. The van der Waals surface area contributed by atoms with E-state index in [0.717, 1.165) is 18.1 Å². The Morgan fingerprint density at radius 3 is 2.07 bits per heavy atom. The van der Waals surface area contributed by atoms with Gasteiger partial charge in [0.15, 0.2) is 15.5 Å². The summed E-state index contributed by atoms with van der Waals surface area (Å²) < 4.78 is 139. The summed E-state index contributed by atoms with van der Waals surface area (Å²) in [4.78, 5) is 14.7. The zero-order valence-electron chi connectivity index (χ0n) is 23.3. The third kappa shape index (κ3) is 4.66. The molecule has 2 atom stereocenters. The van der Waals surface area contributed by atoms with Crippen LogP contribution in [0.3, 0.4) is 0 Å². The molecule has 0 spiro atoms. The van der Waals surface area contributed by atoms with Crippen LogP contribution in [0.15, 0.2) is 47.4 Å². The summed E-state index contributed by atoms with van der Waals surface area (Å²) in [7, 11) is -4.48. The van der Waals surface area contributed by atoms with E-state index in [1.165, 1.54) is 17.0 Å². The average molecular weight is 638 g/mol. The summed E-state index contributed by atoms with van der Waals surface area (Å²) in [6.07, 6.45) is -11.1. The Morgan fingerprint density at radius 2 is 1.51 bits per heavy atom. The van der Waals surface area contributed by atoms with Crippen LogP contribution in [0.5, 0.6) is 0 Å². The molecule has 0 N–H and O–H groups in total. The molecule has 2 aromatic carbocycles. The number of amides is 1.